The minimum Gasteiger partial charge on any atom is -0.497 e. The van der Waals surface area contributed by atoms with Gasteiger partial charge in [0.15, 0.2) is 0 Å². The number of likely N-dealkylation sites (tertiary alicyclic amines) is 2. The van der Waals surface area contributed by atoms with Gasteiger partial charge in [0.05, 0.1) is 31.4 Å². The van der Waals surface area contributed by atoms with Crippen LogP contribution in [0.2, 0.25) is 0 Å². The molecule has 0 saturated carbocycles. The predicted molar refractivity (Wildman–Crippen MR) is 151 cm³/mol. The average molecular weight is 547 g/mol. The molecule has 2 aliphatic heterocycles. The maximum atomic E-state index is 13.5. The maximum Gasteiger partial charge on any atom is 0.243 e. The molecule has 3 aromatic rings. The molecule has 2 aliphatic rings. The van der Waals surface area contributed by atoms with Crippen LogP contribution in [0.3, 0.4) is 0 Å². The van der Waals surface area contributed by atoms with Gasteiger partial charge in [-0.25, -0.2) is 0 Å². The number of hydrogen-bond donors (Lipinski definition) is 3. The lowest BCUT2D eigenvalue weighted by Crippen LogP contribution is -2.51. The van der Waals surface area contributed by atoms with Crippen LogP contribution in [0.5, 0.6) is 5.75 Å². The van der Waals surface area contributed by atoms with Crippen molar-refractivity contribution in [3.63, 3.8) is 0 Å². The smallest absolute Gasteiger partial charge is 0.243 e. The van der Waals surface area contributed by atoms with E-state index in [0.717, 1.165) is 60.3 Å². The Hall–Kier alpha value is -3.92. The average Bonchev–Trinajstić information content (AvgIpc) is 3.74. The quantitative estimate of drug-likeness (QED) is 0.358. The second kappa shape index (κ2) is 12.5. The van der Waals surface area contributed by atoms with E-state index >= 15 is 0 Å². The van der Waals surface area contributed by atoms with E-state index in [1.807, 2.05) is 41.3 Å². The first-order valence-corrected chi connectivity index (χ1v) is 14.1. The number of aromatic amines is 1. The number of pyridine rings is 1. The first-order chi connectivity index (χ1) is 19.4. The zero-order valence-corrected chi connectivity index (χ0v) is 23.0. The van der Waals surface area contributed by atoms with Crippen LogP contribution < -0.4 is 15.8 Å². The first kappa shape index (κ1) is 27.6. The second-order valence-corrected chi connectivity index (χ2v) is 10.9. The Kier molecular flexibility index (Phi) is 8.64. The number of ether oxygens (including phenoxy) is 1. The van der Waals surface area contributed by atoms with Crippen LogP contribution >= 0.6 is 0 Å². The number of hydrogen-bond acceptors (Lipinski definition) is 6. The molecule has 2 fully saturated rings. The molecule has 0 bridgehead atoms. The molecule has 0 aliphatic carbocycles. The number of fused-ring (bicyclic) bond motifs is 1. The van der Waals surface area contributed by atoms with E-state index in [-0.39, 0.29) is 36.5 Å². The molecule has 4 heterocycles. The van der Waals surface area contributed by atoms with Gasteiger partial charge in [-0.1, -0.05) is 12.1 Å². The molecule has 3 atom stereocenters. The number of carbonyl (C=O) groups is 3. The van der Waals surface area contributed by atoms with E-state index in [9.17, 15) is 14.4 Å². The summed E-state index contributed by atoms with van der Waals surface area (Å²) in [5.74, 6) is 0.450. The maximum absolute atomic E-state index is 13.5. The summed E-state index contributed by atoms with van der Waals surface area (Å²) in [6.07, 6.45) is 7.30. The third-order valence-corrected chi connectivity index (χ3v) is 8.03. The molecule has 1 aromatic carbocycles. The number of rotatable bonds is 10. The minimum absolute atomic E-state index is 0.0439. The molecule has 40 heavy (non-hydrogen) atoms. The van der Waals surface area contributed by atoms with Gasteiger partial charge in [-0.3, -0.25) is 19.4 Å². The highest BCUT2D eigenvalue weighted by molar-refractivity contribution is 5.91. The van der Waals surface area contributed by atoms with Crippen molar-refractivity contribution in [2.24, 2.45) is 11.7 Å². The Balaban J connectivity index is 1.24. The van der Waals surface area contributed by atoms with Gasteiger partial charge in [0.25, 0.3) is 0 Å². The lowest BCUT2D eigenvalue weighted by molar-refractivity contribution is -0.140. The summed E-state index contributed by atoms with van der Waals surface area (Å²) in [5, 5.41) is 4.03. The predicted octanol–water partition coefficient (Wildman–Crippen LogP) is 2.38. The topological polar surface area (TPSA) is 134 Å². The van der Waals surface area contributed by atoms with Gasteiger partial charge in [0.1, 0.15) is 11.8 Å². The van der Waals surface area contributed by atoms with Crippen molar-refractivity contribution in [1.82, 2.24) is 25.1 Å². The second-order valence-electron chi connectivity index (χ2n) is 10.9. The monoisotopic (exact) mass is 546 g/mol. The third-order valence-electron chi connectivity index (χ3n) is 8.03. The summed E-state index contributed by atoms with van der Waals surface area (Å²) in [4.78, 5) is 50.4. The van der Waals surface area contributed by atoms with E-state index in [1.54, 1.807) is 24.4 Å². The molecule has 2 aromatic heterocycles. The number of methoxy groups -OCH3 is 1. The Morgan fingerprint density at radius 3 is 2.67 bits per heavy atom. The van der Waals surface area contributed by atoms with E-state index in [0.29, 0.717) is 19.5 Å². The fourth-order valence-corrected chi connectivity index (χ4v) is 5.83. The van der Waals surface area contributed by atoms with Crippen LogP contribution in [0.15, 0.2) is 48.8 Å². The summed E-state index contributed by atoms with van der Waals surface area (Å²) in [5.41, 5.74) is 9.20. The number of H-pyrrole nitrogens is 1. The summed E-state index contributed by atoms with van der Waals surface area (Å²) < 4.78 is 5.26. The standard InChI is InChI=1S/C30H38N6O4/c1-40-24-6-4-20(5-7-24)14-21-15-27(29(38)33-17-23-16-22-10-11-32-18-26(22)34-23)36(19-21)30(39)25(31)8-9-28(37)35-12-2-3-13-35/h4-7,10-11,16,18,21,25,27,34H,2-3,8-9,12-15,17,19,31H2,1H3,(H,33,38). The lowest BCUT2D eigenvalue weighted by atomic mass is 9.96. The van der Waals surface area contributed by atoms with Gasteiger partial charge in [-0.15, -0.1) is 0 Å². The SMILES string of the molecule is COc1ccc(CC2CC(C(=O)NCc3cc4ccncc4[nH]3)N(C(=O)C(N)CCC(=O)N3CCCC3)C2)cc1. The van der Waals surface area contributed by atoms with Crippen LogP contribution in [-0.2, 0) is 27.3 Å². The fraction of sp³-hybridized carbons (Fsp3) is 0.467. The number of nitrogens with two attached hydrogens (primary N) is 1. The summed E-state index contributed by atoms with van der Waals surface area (Å²) in [7, 11) is 1.63. The van der Waals surface area contributed by atoms with Crippen molar-refractivity contribution in [1.29, 1.82) is 0 Å². The molecule has 3 amide bonds. The highest BCUT2D eigenvalue weighted by Gasteiger charge is 2.41. The van der Waals surface area contributed by atoms with Gasteiger partial charge in [-0.2, -0.15) is 0 Å². The van der Waals surface area contributed by atoms with E-state index in [1.165, 1.54) is 0 Å². The summed E-state index contributed by atoms with van der Waals surface area (Å²) in [6.45, 7) is 2.30. The minimum atomic E-state index is -0.831. The van der Waals surface area contributed by atoms with Crippen molar-refractivity contribution in [3.8, 4) is 5.75 Å². The Morgan fingerprint density at radius 1 is 1.18 bits per heavy atom. The normalized spacial score (nSPS) is 19.6. The van der Waals surface area contributed by atoms with Crippen molar-refractivity contribution in [2.75, 3.05) is 26.7 Å². The zero-order chi connectivity index (χ0) is 28.1. The Labute approximate surface area is 234 Å². The Bertz CT molecular complexity index is 1300. The fourth-order valence-electron chi connectivity index (χ4n) is 5.83. The van der Waals surface area contributed by atoms with Crippen molar-refractivity contribution < 1.29 is 19.1 Å². The van der Waals surface area contributed by atoms with Crippen LogP contribution in [0.25, 0.3) is 10.9 Å². The number of aromatic nitrogens is 2. The van der Waals surface area contributed by atoms with Gasteiger partial charge in [-0.05, 0) is 67.9 Å². The molecular weight excluding hydrogens is 508 g/mol. The molecule has 3 unspecified atom stereocenters. The number of benzene rings is 1. The largest absolute Gasteiger partial charge is 0.497 e. The molecule has 4 N–H and O–H groups in total. The number of amides is 3. The Morgan fingerprint density at radius 2 is 1.95 bits per heavy atom. The number of nitrogens with one attached hydrogen (secondary N) is 2. The van der Waals surface area contributed by atoms with Gasteiger partial charge in [0.2, 0.25) is 17.7 Å². The lowest BCUT2D eigenvalue weighted by Gasteiger charge is -2.27. The third kappa shape index (κ3) is 6.44. The zero-order valence-electron chi connectivity index (χ0n) is 23.0. The van der Waals surface area contributed by atoms with Gasteiger partial charge in [0, 0.05) is 43.3 Å². The number of nitrogens with zero attached hydrogens (tertiary/aromatic N) is 3. The molecule has 0 radical (unpaired) electrons. The first-order valence-electron chi connectivity index (χ1n) is 14.1. The van der Waals surface area contributed by atoms with Crippen LogP contribution in [-0.4, -0.2) is 76.3 Å². The molecular formula is C30H38N6O4. The van der Waals surface area contributed by atoms with Gasteiger partial charge >= 0.3 is 0 Å². The van der Waals surface area contributed by atoms with Crippen LogP contribution in [0, 0.1) is 5.92 Å². The molecule has 0 spiro atoms. The molecule has 2 saturated heterocycles. The summed E-state index contributed by atoms with van der Waals surface area (Å²) >= 11 is 0. The molecule has 5 rings (SSSR count). The van der Waals surface area contributed by atoms with E-state index < -0.39 is 12.1 Å². The highest BCUT2D eigenvalue weighted by atomic mass is 16.5. The molecule has 10 nitrogen and oxygen atoms in total. The van der Waals surface area contributed by atoms with Crippen LogP contribution in [0.4, 0.5) is 0 Å². The van der Waals surface area contributed by atoms with Crippen molar-refractivity contribution in [3.05, 3.63) is 60.0 Å². The van der Waals surface area contributed by atoms with Gasteiger partial charge < -0.3 is 30.6 Å². The van der Waals surface area contributed by atoms with E-state index in [2.05, 4.69) is 15.3 Å². The van der Waals surface area contributed by atoms with E-state index in [4.69, 9.17) is 10.5 Å². The van der Waals surface area contributed by atoms with Crippen molar-refractivity contribution in [2.45, 2.75) is 57.2 Å². The summed E-state index contributed by atoms with van der Waals surface area (Å²) in [6, 6.07) is 10.3. The van der Waals surface area contributed by atoms with Crippen molar-refractivity contribution >= 4 is 28.6 Å². The highest BCUT2D eigenvalue weighted by Crippen LogP contribution is 2.28. The molecule has 212 valence electrons. The van der Waals surface area contributed by atoms with Crippen LogP contribution in [0.1, 0.15) is 43.4 Å². The molecule has 10 heteroatoms. The number of carbonyl (C=O) groups excluding carboxylic acids is 3.